The van der Waals surface area contributed by atoms with Crippen molar-refractivity contribution in [2.24, 2.45) is 0 Å². The monoisotopic (exact) mass is 286 g/mol. The number of carboxylic acid groups (broad SMARTS) is 1. The van der Waals surface area contributed by atoms with E-state index in [1.54, 1.807) is 26.8 Å². The number of nitro groups is 1. The third-order valence-corrected chi connectivity index (χ3v) is 2.91. The van der Waals surface area contributed by atoms with Crippen LogP contribution in [-0.4, -0.2) is 26.6 Å². The van der Waals surface area contributed by atoms with Crippen molar-refractivity contribution in [3.05, 3.63) is 38.9 Å². The maximum atomic E-state index is 11.2. The molecule has 1 N–H and O–H groups in total. The molecule has 0 aliphatic carbocycles. The molecule has 1 amide bonds. The molecule has 0 aliphatic rings. The van der Waals surface area contributed by atoms with Crippen LogP contribution in [0.4, 0.5) is 10.5 Å². The van der Waals surface area contributed by atoms with Gasteiger partial charge in [-0.15, -0.1) is 0 Å². The van der Waals surface area contributed by atoms with Gasteiger partial charge in [0.15, 0.2) is 0 Å². The van der Waals surface area contributed by atoms with E-state index in [1.165, 1.54) is 17.0 Å². The van der Waals surface area contributed by atoms with E-state index in [0.717, 1.165) is 0 Å². The van der Waals surface area contributed by atoms with Gasteiger partial charge in [-0.25, -0.2) is 4.79 Å². The van der Waals surface area contributed by atoms with E-state index in [2.05, 4.69) is 0 Å². The normalized spacial score (nSPS) is 11.2. The van der Waals surface area contributed by atoms with Gasteiger partial charge in [-0.3, -0.25) is 15.0 Å². The fourth-order valence-corrected chi connectivity index (χ4v) is 1.76. The first-order chi connectivity index (χ1) is 8.62. The number of rotatable bonds is 3. The lowest BCUT2D eigenvalue weighted by Gasteiger charge is -2.33. The second kappa shape index (κ2) is 5.44. The molecule has 0 spiro atoms. The van der Waals surface area contributed by atoms with Crippen molar-refractivity contribution in [3.63, 3.8) is 0 Å². The van der Waals surface area contributed by atoms with E-state index in [1.807, 2.05) is 0 Å². The number of carbonyl (C=O) groups is 1. The lowest BCUT2D eigenvalue weighted by molar-refractivity contribution is -0.384. The highest BCUT2D eigenvalue weighted by atomic mass is 35.5. The van der Waals surface area contributed by atoms with Crippen molar-refractivity contribution in [3.8, 4) is 0 Å². The molecule has 0 aliphatic heterocycles. The average molecular weight is 287 g/mol. The van der Waals surface area contributed by atoms with Crippen LogP contribution in [0.25, 0.3) is 0 Å². The second-order valence-corrected chi connectivity index (χ2v) is 5.49. The minimum absolute atomic E-state index is 0.0337. The zero-order chi connectivity index (χ0) is 14.8. The lowest BCUT2D eigenvalue weighted by Crippen LogP contribution is -2.44. The van der Waals surface area contributed by atoms with Gasteiger partial charge in [0.1, 0.15) is 5.02 Å². The summed E-state index contributed by atoms with van der Waals surface area (Å²) in [6, 6.07) is 4.28. The number of hydrogen-bond donors (Lipinski definition) is 1. The number of hydrogen-bond acceptors (Lipinski definition) is 3. The van der Waals surface area contributed by atoms with Gasteiger partial charge in [0.05, 0.1) is 4.92 Å². The Morgan fingerprint density at radius 2 is 2.05 bits per heavy atom. The molecule has 0 atom stereocenters. The highest BCUT2D eigenvalue weighted by Crippen LogP contribution is 2.27. The Morgan fingerprint density at radius 3 is 2.47 bits per heavy atom. The van der Waals surface area contributed by atoms with Crippen molar-refractivity contribution in [1.82, 2.24) is 4.90 Å². The van der Waals surface area contributed by atoms with Gasteiger partial charge in [0, 0.05) is 18.2 Å². The molecular weight excluding hydrogens is 272 g/mol. The molecule has 0 aromatic heterocycles. The van der Waals surface area contributed by atoms with Crippen molar-refractivity contribution >= 4 is 23.4 Å². The van der Waals surface area contributed by atoms with Crippen LogP contribution in [0, 0.1) is 10.1 Å². The predicted molar refractivity (Wildman–Crippen MR) is 71.4 cm³/mol. The summed E-state index contributed by atoms with van der Waals surface area (Å²) in [7, 11) is 0. The van der Waals surface area contributed by atoms with Crippen LogP contribution in [0.1, 0.15) is 26.3 Å². The van der Waals surface area contributed by atoms with E-state index in [9.17, 15) is 14.9 Å². The third kappa shape index (κ3) is 3.82. The summed E-state index contributed by atoms with van der Waals surface area (Å²) in [6.45, 7) is 5.33. The fourth-order valence-electron chi connectivity index (χ4n) is 1.57. The Bertz CT molecular complexity index is 511. The lowest BCUT2D eigenvalue weighted by atomic mass is 10.1. The van der Waals surface area contributed by atoms with Gasteiger partial charge in [0.25, 0.3) is 5.69 Å². The van der Waals surface area contributed by atoms with Crippen molar-refractivity contribution in [1.29, 1.82) is 0 Å². The number of nitro benzene ring substituents is 1. The third-order valence-electron chi connectivity index (χ3n) is 2.59. The van der Waals surface area contributed by atoms with Crippen molar-refractivity contribution in [2.45, 2.75) is 32.9 Å². The molecule has 0 heterocycles. The number of benzene rings is 1. The second-order valence-electron chi connectivity index (χ2n) is 5.08. The Morgan fingerprint density at radius 1 is 1.47 bits per heavy atom. The SMILES string of the molecule is CC(C)(C)N(Cc1ccc(Cl)c([N+](=O)[O-])c1)C(=O)O. The smallest absolute Gasteiger partial charge is 0.408 e. The van der Waals surface area contributed by atoms with Gasteiger partial charge < -0.3 is 5.11 Å². The van der Waals surface area contributed by atoms with E-state index >= 15 is 0 Å². The maximum absolute atomic E-state index is 11.2. The van der Waals surface area contributed by atoms with E-state index in [4.69, 9.17) is 16.7 Å². The molecule has 0 saturated heterocycles. The molecule has 7 heteroatoms. The summed E-state index contributed by atoms with van der Waals surface area (Å²) in [5.41, 5.74) is -0.299. The van der Waals surface area contributed by atoms with E-state index < -0.39 is 16.6 Å². The van der Waals surface area contributed by atoms with Crippen molar-refractivity contribution < 1.29 is 14.8 Å². The quantitative estimate of drug-likeness (QED) is 0.680. The van der Waals surface area contributed by atoms with Crippen LogP contribution in [-0.2, 0) is 6.54 Å². The fraction of sp³-hybridized carbons (Fsp3) is 0.417. The van der Waals surface area contributed by atoms with E-state index in [0.29, 0.717) is 5.56 Å². The molecule has 1 aromatic rings. The number of halogens is 1. The van der Waals surface area contributed by atoms with Gasteiger partial charge in [0.2, 0.25) is 0 Å². The van der Waals surface area contributed by atoms with Gasteiger partial charge in [-0.2, -0.15) is 0 Å². The predicted octanol–water partition coefficient (Wildman–Crippen LogP) is 3.53. The van der Waals surface area contributed by atoms with Crippen LogP contribution in [0.5, 0.6) is 0 Å². The Hall–Kier alpha value is -1.82. The molecule has 0 fully saturated rings. The zero-order valence-corrected chi connectivity index (χ0v) is 11.6. The first kappa shape index (κ1) is 15.2. The number of nitrogens with zero attached hydrogens (tertiary/aromatic N) is 2. The minimum atomic E-state index is -1.08. The minimum Gasteiger partial charge on any atom is -0.465 e. The van der Waals surface area contributed by atoms with Crippen LogP contribution in [0.15, 0.2) is 18.2 Å². The van der Waals surface area contributed by atoms with E-state index in [-0.39, 0.29) is 17.3 Å². The molecule has 6 nitrogen and oxygen atoms in total. The van der Waals surface area contributed by atoms with Crippen LogP contribution in [0.3, 0.4) is 0 Å². The topological polar surface area (TPSA) is 83.7 Å². The largest absolute Gasteiger partial charge is 0.465 e. The molecule has 19 heavy (non-hydrogen) atoms. The molecule has 1 rings (SSSR count). The molecule has 0 saturated carbocycles. The summed E-state index contributed by atoms with van der Waals surface area (Å²) in [6.07, 6.45) is -1.08. The van der Waals surface area contributed by atoms with Crippen LogP contribution in [0.2, 0.25) is 5.02 Å². The Kier molecular flexibility index (Phi) is 4.36. The summed E-state index contributed by atoms with van der Waals surface area (Å²) in [5.74, 6) is 0. The van der Waals surface area contributed by atoms with Gasteiger partial charge >= 0.3 is 6.09 Å². The maximum Gasteiger partial charge on any atom is 0.408 e. The van der Waals surface area contributed by atoms with Crippen LogP contribution >= 0.6 is 11.6 Å². The molecular formula is C12H15ClN2O4. The molecule has 1 aromatic carbocycles. The number of amides is 1. The van der Waals surface area contributed by atoms with Gasteiger partial charge in [-0.05, 0) is 32.4 Å². The highest BCUT2D eigenvalue weighted by Gasteiger charge is 2.26. The van der Waals surface area contributed by atoms with Crippen LogP contribution < -0.4 is 0 Å². The molecule has 104 valence electrons. The summed E-state index contributed by atoms with van der Waals surface area (Å²) in [5, 5.41) is 20.0. The summed E-state index contributed by atoms with van der Waals surface area (Å²) >= 11 is 5.71. The molecule has 0 bridgehead atoms. The molecule has 0 unspecified atom stereocenters. The molecule has 0 radical (unpaired) electrons. The zero-order valence-electron chi connectivity index (χ0n) is 10.9. The average Bonchev–Trinajstić information content (AvgIpc) is 2.25. The summed E-state index contributed by atoms with van der Waals surface area (Å²) in [4.78, 5) is 22.6. The highest BCUT2D eigenvalue weighted by molar-refractivity contribution is 6.32. The summed E-state index contributed by atoms with van der Waals surface area (Å²) < 4.78 is 0. The first-order valence-electron chi connectivity index (χ1n) is 5.56. The Balaban J connectivity index is 3.08. The first-order valence-corrected chi connectivity index (χ1v) is 5.94. The standard InChI is InChI=1S/C12H15ClN2O4/c1-12(2,3)14(11(16)17)7-8-4-5-9(13)10(6-8)15(18)19/h4-6H,7H2,1-3H3,(H,16,17). The van der Waals surface area contributed by atoms with Gasteiger partial charge in [-0.1, -0.05) is 17.7 Å². The van der Waals surface area contributed by atoms with Crippen molar-refractivity contribution in [2.75, 3.05) is 0 Å². The Labute approximate surface area is 115 Å².